The minimum absolute atomic E-state index is 0.000149. The molecule has 3 aromatic rings. The fourth-order valence-electron chi connectivity index (χ4n) is 3.26. The van der Waals surface area contributed by atoms with E-state index in [0.717, 1.165) is 5.56 Å². The lowest BCUT2D eigenvalue weighted by atomic mass is 10.0. The zero-order chi connectivity index (χ0) is 26.1. The number of nitrogens with zero attached hydrogens (tertiary/aromatic N) is 2. The highest BCUT2D eigenvalue weighted by molar-refractivity contribution is 6.40. The Morgan fingerprint density at radius 3 is 2.31 bits per heavy atom. The quantitative estimate of drug-likeness (QED) is 0.239. The Morgan fingerprint density at radius 1 is 0.972 bits per heavy atom. The minimum atomic E-state index is -1.03. The number of fused-ring (bicyclic) bond motifs is 1. The van der Waals surface area contributed by atoms with Crippen LogP contribution in [0.1, 0.15) is 21.6 Å². The highest BCUT2D eigenvalue weighted by atomic mass is 19.1. The third-order valence-corrected chi connectivity index (χ3v) is 5.03. The number of benzene rings is 1. The van der Waals surface area contributed by atoms with Crippen molar-refractivity contribution in [3.05, 3.63) is 59.2 Å². The van der Waals surface area contributed by atoms with E-state index in [1.54, 1.807) is 18.2 Å². The van der Waals surface area contributed by atoms with E-state index < -0.39 is 23.5 Å². The third-order valence-electron chi connectivity index (χ3n) is 5.03. The molecule has 12 heteroatoms. The van der Waals surface area contributed by atoms with Crippen molar-refractivity contribution in [3.8, 4) is 5.75 Å². The molecule has 3 amide bonds. The van der Waals surface area contributed by atoms with Gasteiger partial charge in [0.15, 0.2) is 11.4 Å². The number of aromatic hydroxyl groups is 1. The Kier molecular flexibility index (Phi) is 9.19. The Morgan fingerprint density at radius 2 is 1.64 bits per heavy atom. The molecule has 0 saturated carbocycles. The van der Waals surface area contributed by atoms with Crippen LogP contribution in [0.2, 0.25) is 0 Å². The molecule has 2 aromatic heterocycles. The molecule has 0 saturated heterocycles. The SMILES string of the molecule is COCCNC(=O)C(=O)Nc1nc(C(=O)NCCOC)c(O)c2ncc(Cc3ccc(F)cc3)cc12. The van der Waals surface area contributed by atoms with E-state index in [1.807, 2.05) is 0 Å². The normalized spacial score (nSPS) is 10.8. The molecule has 190 valence electrons. The number of hydrogen-bond acceptors (Lipinski definition) is 8. The molecule has 0 bridgehead atoms. The van der Waals surface area contributed by atoms with Gasteiger partial charge in [-0.1, -0.05) is 12.1 Å². The van der Waals surface area contributed by atoms with Crippen LogP contribution in [-0.4, -0.2) is 73.3 Å². The Hall–Kier alpha value is -4.16. The van der Waals surface area contributed by atoms with Gasteiger partial charge in [-0.2, -0.15) is 0 Å². The molecule has 4 N–H and O–H groups in total. The highest BCUT2D eigenvalue weighted by Gasteiger charge is 2.23. The van der Waals surface area contributed by atoms with Gasteiger partial charge >= 0.3 is 11.8 Å². The van der Waals surface area contributed by atoms with Crippen molar-refractivity contribution in [3.63, 3.8) is 0 Å². The summed E-state index contributed by atoms with van der Waals surface area (Å²) in [5.74, 6) is -3.68. The first-order valence-corrected chi connectivity index (χ1v) is 10.9. The molecular formula is C24H26FN5O6. The number of amides is 3. The van der Waals surface area contributed by atoms with E-state index in [2.05, 4.69) is 25.9 Å². The van der Waals surface area contributed by atoms with Gasteiger partial charge in [-0.25, -0.2) is 9.37 Å². The van der Waals surface area contributed by atoms with Crippen LogP contribution >= 0.6 is 0 Å². The lowest BCUT2D eigenvalue weighted by molar-refractivity contribution is -0.136. The summed E-state index contributed by atoms with van der Waals surface area (Å²) in [6.45, 7) is 0.712. The molecule has 0 atom stereocenters. The van der Waals surface area contributed by atoms with Crippen molar-refractivity contribution in [2.24, 2.45) is 0 Å². The number of anilines is 1. The predicted octanol–water partition coefficient (Wildman–Crippen LogP) is 1.14. The van der Waals surface area contributed by atoms with Gasteiger partial charge in [0.05, 0.1) is 13.2 Å². The number of pyridine rings is 2. The number of ether oxygens (including phenoxy) is 2. The molecular weight excluding hydrogens is 473 g/mol. The van der Waals surface area contributed by atoms with E-state index in [1.165, 1.54) is 32.5 Å². The van der Waals surface area contributed by atoms with Gasteiger partial charge in [0.1, 0.15) is 17.2 Å². The number of carbonyl (C=O) groups excluding carboxylic acids is 3. The highest BCUT2D eigenvalue weighted by Crippen LogP contribution is 2.32. The molecule has 36 heavy (non-hydrogen) atoms. The molecule has 1 aromatic carbocycles. The Bertz CT molecular complexity index is 1250. The van der Waals surface area contributed by atoms with Crippen molar-refractivity contribution < 1.29 is 33.4 Å². The molecule has 2 heterocycles. The van der Waals surface area contributed by atoms with Gasteiger partial charge in [0.2, 0.25) is 0 Å². The van der Waals surface area contributed by atoms with Crippen LogP contribution in [0.3, 0.4) is 0 Å². The second-order valence-electron chi connectivity index (χ2n) is 7.65. The largest absolute Gasteiger partial charge is 0.504 e. The Labute approximate surface area is 206 Å². The lowest BCUT2D eigenvalue weighted by Gasteiger charge is -2.14. The maximum Gasteiger partial charge on any atom is 0.314 e. The van der Waals surface area contributed by atoms with Gasteiger partial charge < -0.3 is 30.5 Å². The number of methoxy groups -OCH3 is 2. The van der Waals surface area contributed by atoms with Crippen LogP contribution < -0.4 is 16.0 Å². The molecule has 0 aliphatic heterocycles. The van der Waals surface area contributed by atoms with Gasteiger partial charge in [0.25, 0.3) is 5.91 Å². The molecule has 11 nitrogen and oxygen atoms in total. The molecule has 3 rings (SSSR count). The molecule has 0 spiro atoms. The summed E-state index contributed by atoms with van der Waals surface area (Å²) in [6.07, 6.45) is 1.86. The first kappa shape index (κ1) is 26.4. The zero-order valence-corrected chi connectivity index (χ0v) is 19.8. The summed E-state index contributed by atoms with van der Waals surface area (Å²) < 4.78 is 23.0. The van der Waals surface area contributed by atoms with Crippen molar-refractivity contribution in [1.29, 1.82) is 0 Å². The van der Waals surface area contributed by atoms with Crippen molar-refractivity contribution in [2.45, 2.75) is 6.42 Å². The van der Waals surface area contributed by atoms with E-state index in [0.29, 0.717) is 12.0 Å². The number of hydrogen-bond donors (Lipinski definition) is 4. The van der Waals surface area contributed by atoms with Crippen LogP contribution in [0.4, 0.5) is 10.2 Å². The fraction of sp³-hybridized carbons (Fsp3) is 0.292. The maximum atomic E-state index is 13.2. The topological polar surface area (TPSA) is 152 Å². The van der Waals surface area contributed by atoms with Gasteiger partial charge in [-0.05, 0) is 35.7 Å². The van der Waals surface area contributed by atoms with E-state index in [4.69, 9.17) is 9.47 Å². The second kappa shape index (κ2) is 12.5. The standard InChI is InChI=1S/C24H26FN5O6/c1-35-9-7-26-22(32)19-20(31)18-17(21(29-19)30-24(34)23(33)27-8-10-36-2)12-15(13-28-18)11-14-3-5-16(25)6-4-14/h3-6,12-13,31H,7-11H2,1-2H3,(H,26,32)(H,27,33)(H,29,30,34). The smallest absolute Gasteiger partial charge is 0.314 e. The summed E-state index contributed by atoms with van der Waals surface area (Å²) in [7, 11) is 2.92. The summed E-state index contributed by atoms with van der Waals surface area (Å²) in [4.78, 5) is 45.7. The van der Waals surface area contributed by atoms with Crippen LogP contribution in [-0.2, 0) is 25.5 Å². The predicted molar refractivity (Wildman–Crippen MR) is 128 cm³/mol. The lowest BCUT2D eigenvalue weighted by Crippen LogP contribution is -2.37. The summed E-state index contributed by atoms with van der Waals surface area (Å²) in [5.41, 5.74) is 1.08. The number of halogens is 1. The van der Waals surface area contributed by atoms with E-state index in [-0.39, 0.29) is 54.5 Å². The number of carbonyl (C=O) groups is 3. The summed E-state index contributed by atoms with van der Waals surface area (Å²) in [5, 5.41) is 18.3. The van der Waals surface area contributed by atoms with Crippen LogP contribution in [0, 0.1) is 5.82 Å². The van der Waals surface area contributed by atoms with Gasteiger partial charge in [0, 0.05) is 38.9 Å². The summed E-state index contributed by atoms with van der Waals surface area (Å²) in [6, 6.07) is 7.52. The average molecular weight is 499 g/mol. The van der Waals surface area contributed by atoms with E-state index in [9.17, 15) is 23.9 Å². The van der Waals surface area contributed by atoms with Crippen molar-refractivity contribution >= 4 is 34.4 Å². The molecule has 0 aliphatic carbocycles. The number of rotatable bonds is 10. The monoisotopic (exact) mass is 499 g/mol. The van der Waals surface area contributed by atoms with Crippen molar-refractivity contribution in [2.75, 3.05) is 45.8 Å². The van der Waals surface area contributed by atoms with Crippen LogP contribution in [0.25, 0.3) is 10.9 Å². The molecule has 0 aliphatic rings. The number of aromatic nitrogens is 2. The average Bonchev–Trinajstić information content (AvgIpc) is 2.87. The number of nitrogens with one attached hydrogen (secondary N) is 3. The molecule has 0 radical (unpaired) electrons. The second-order valence-corrected chi connectivity index (χ2v) is 7.65. The fourth-order valence-corrected chi connectivity index (χ4v) is 3.26. The van der Waals surface area contributed by atoms with Crippen molar-refractivity contribution in [1.82, 2.24) is 20.6 Å². The first-order chi connectivity index (χ1) is 17.3. The first-order valence-electron chi connectivity index (χ1n) is 10.9. The van der Waals surface area contributed by atoms with Crippen LogP contribution in [0.15, 0.2) is 36.5 Å². The van der Waals surface area contributed by atoms with Crippen LogP contribution in [0.5, 0.6) is 5.75 Å². The maximum absolute atomic E-state index is 13.2. The zero-order valence-electron chi connectivity index (χ0n) is 19.8. The van der Waals surface area contributed by atoms with Gasteiger partial charge in [-0.15, -0.1) is 0 Å². The Balaban J connectivity index is 1.99. The minimum Gasteiger partial charge on any atom is -0.504 e. The summed E-state index contributed by atoms with van der Waals surface area (Å²) >= 11 is 0. The van der Waals surface area contributed by atoms with E-state index >= 15 is 0 Å². The third kappa shape index (κ3) is 6.71. The molecule has 0 fully saturated rings. The van der Waals surface area contributed by atoms with Gasteiger partial charge in [-0.3, -0.25) is 19.4 Å². The molecule has 0 unspecified atom stereocenters.